The molecule has 1 aromatic carbocycles. The van der Waals surface area contributed by atoms with Gasteiger partial charge < -0.3 is 10.2 Å². The third-order valence-corrected chi connectivity index (χ3v) is 6.66. The fraction of sp³-hybridized carbons (Fsp3) is 0.429. The molecule has 0 atom stereocenters. The van der Waals surface area contributed by atoms with Crippen molar-refractivity contribution in [2.75, 3.05) is 18.4 Å². The molecule has 1 fully saturated rings. The quantitative estimate of drug-likeness (QED) is 0.760. The Labute approximate surface area is 180 Å². The van der Waals surface area contributed by atoms with E-state index in [0.717, 1.165) is 30.7 Å². The lowest BCUT2D eigenvalue weighted by Crippen LogP contribution is -2.41. The number of fused-ring (bicyclic) bond motifs is 1. The first-order valence-electron chi connectivity index (χ1n) is 10.0. The van der Waals surface area contributed by atoms with Gasteiger partial charge in [-0.05, 0) is 49.9 Å². The minimum Gasteiger partial charge on any atom is -0.339 e. The van der Waals surface area contributed by atoms with Gasteiger partial charge in [-0.1, -0.05) is 11.3 Å². The number of piperidine rings is 1. The number of Topliss-reactive ketones (excluding diaryl/α,β-unsaturated/α-hetero) is 1. The standard InChI is InChI=1S/C21H20F3N3O3S/c22-21(23,24)14-6-4-13(5-7-14)19(30)27-10-8-12(9-11-27)18(29)26-20-25-15-2-1-3-16(28)17(15)31-20/h4-7,12H,1-3,8-11H2,(H,25,26,29). The highest BCUT2D eigenvalue weighted by Crippen LogP contribution is 2.31. The molecule has 2 heterocycles. The van der Waals surface area contributed by atoms with Crippen LogP contribution in [0, 0.1) is 5.92 Å². The molecule has 2 aromatic rings. The summed E-state index contributed by atoms with van der Waals surface area (Å²) in [6, 6.07) is 4.14. The second-order valence-corrected chi connectivity index (χ2v) is 8.70. The number of aromatic nitrogens is 1. The van der Waals surface area contributed by atoms with Gasteiger partial charge in [-0.15, -0.1) is 0 Å². The van der Waals surface area contributed by atoms with Crippen LogP contribution in [0.4, 0.5) is 18.3 Å². The van der Waals surface area contributed by atoms with Gasteiger partial charge in [-0.25, -0.2) is 4.98 Å². The van der Waals surface area contributed by atoms with Crippen LogP contribution in [0.25, 0.3) is 0 Å². The zero-order valence-corrected chi connectivity index (χ0v) is 17.3. The number of aryl methyl sites for hydroxylation is 1. The zero-order chi connectivity index (χ0) is 22.2. The predicted molar refractivity (Wildman–Crippen MR) is 108 cm³/mol. The number of likely N-dealkylation sites (tertiary alicyclic amines) is 1. The Morgan fingerprint density at radius 3 is 2.39 bits per heavy atom. The summed E-state index contributed by atoms with van der Waals surface area (Å²) in [6.45, 7) is 0.676. The number of halogens is 3. The van der Waals surface area contributed by atoms with Gasteiger partial charge in [0, 0.05) is 31.0 Å². The van der Waals surface area contributed by atoms with E-state index in [4.69, 9.17) is 0 Å². The summed E-state index contributed by atoms with van der Waals surface area (Å²) in [6.07, 6.45) is -1.54. The van der Waals surface area contributed by atoms with Crippen LogP contribution >= 0.6 is 11.3 Å². The Morgan fingerprint density at radius 2 is 1.77 bits per heavy atom. The van der Waals surface area contributed by atoms with Gasteiger partial charge in [-0.2, -0.15) is 13.2 Å². The van der Waals surface area contributed by atoms with Crippen LogP contribution in [0.15, 0.2) is 24.3 Å². The molecule has 2 aliphatic rings. The van der Waals surface area contributed by atoms with Gasteiger partial charge >= 0.3 is 6.18 Å². The number of carbonyl (C=O) groups is 3. The fourth-order valence-electron chi connectivity index (χ4n) is 3.86. The second-order valence-electron chi connectivity index (χ2n) is 7.70. The Balaban J connectivity index is 1.32. The van der Waals surface area contributed by atoms with Crippen LogP contribution in [0.2, 0.25) is 0 Å². The predicted octanol–water partition coefficient (Wildman–Crippen LogP) is 4.17. The van der Waals surface area contributed by atoms with Gasteiger partial charge in [-0.3, -0.25) is 14.4 Å². The number of alkyl halides is 3. The number of carbonyl (C=O) groups excluding carboxylic acids is 3. The molecule has 164 valence electrons. The molecule has 4 rings (SSSR count). The maximum atomic E-state index is 12.7. The van der Waals surface area contributed by atoms with E-state index in [0.29, 0.717) is 42.4 Å². The Morgan fingerprint density at radius 1 is 1.10 bits per heavy atom. The average Bonchev–Trinajstić information content (AvgIpc) is 3.16. The minimum absolute atomic E-state index is 0.0642. The lowest BCUT2D eigenvalue weighted by molar-refractivity contribution is -0.137. The topological polar surface area (TPSA) is 79.4 Å². The molecule has 6 nitrogen and oxygen atoms in total. The number of anilines is 1. The second kappa shape index (κ2) is 8.41. The zero-order valence-electron chi connectivity index (χ0n) is 16.5. The molecule has 0 spiro atoms. The average molecular weight is 451 g/mol. The number of amides is 2. The fourth-order valence-corrected chi connectivity index (χ4v) is 4.84. The third-order valence-electron chi connectivity index (χ3n) is 5.61. The maximum Gasteiger partial charge on any atom is 0.416 e. The molecule has 0 bridgehead atoms. The van der Waals surface area contributed by atoms with E-state index in [2.05, 4.69) is 10.3 Å². The van der Waals surface area contributed by atoms with Crippen LogP contribution in [0.1, 0.15) is 57.0 Å². The van der Waals surface area contributed by atoms with E-state index in [9.17, 15) is 27.6 Å². The normalized spacial score (nSPS) is 17.4. The number of nitrogens with one attached hydrogen (secondary N) is 1. The van der Waals surface area contributed by atoms with Crippen LogP contribution < -0.4 is 5.32 Å². The van der Waals surface area contributed by atoms with Gasteiger partial charge in [0.25, 0.3) is 5.91 Å². The van der Waals surface area contributed by atoms with E-state index in [1.165, 1.54) is 23.5 Å². The third kappa shape index (κ3) is 4.63. The minimum atomic E-state index is -4.45. The van der Waals surface area contributed by atoms with Crippen molar-refractivity contribution in [3.8, 4) is 0 Å². The lowest BCUT2D eigenvalue weighted by atomic mass is 9.95. The number of hydrogen-bond acceptors (Lipinski definition) is 5. The number of rotatable bonds is 3. The first-order chi connectivity index (χ1) is 14.7. The Hall–Kier alpha value is -2.75. The number of benzene rings is 1. The molecule has 0 unspecified atom stereocenters. The largest absolute Gasteiger partial charge is 0.416 e. The number of hydrogen-bond donors (Lipinski definition) is 1. The van der Waals surface area contributed by atoms with E-state index in [1.54, 1.807) is 4.90 Å². The van der Waals surface area contributed by atoms with Gasteiger partial charge in [0.05, 0.1) is 16.1 Å². The SMILES string of the molecule is O=C1CCCc2nc(NC(=O)C3CCN(C(=O)c4ccc(C(F)(F)F)cc4)CC3)sc21. The van der Waals surface area contributed by atoms with Crippen LogP contribution in [0.3, 0.4) is 0 Å². The summed E-state index contributed by atoms with van der Waals surface area (Å²) in [5.41, 5.74) is 0.132. The molecule has 1 aromatic heterocycles. The van der Waals surface area contributed by atoms with Crippen molar-refractivity contribution in [1.29, 1.82) is 0 Å². The molecular formula is C21H20F3N3O3S. The molecule has 0 saturated carbocycles. The highest BCUT2D eigenvalue weighted by atomic mass is 32.1. The summed E-state index contributed by atoms with van der Waals surface area (Å²) in [7, 11) is 0. The molecule has 1 saturated heterocycles. The van der Waals surface area contributed by atoms with Crippen molar-refractivity contribution in [2.45, 2.75) is 38.3 Å². The molecule has 1 aliphatic heterocycles. The maximum absolute atomic E-state index is 12.7. The summed E-state index contributed by atoms with van der Waals surface area (Å²) < 4.78 is 38.0. The molecule has 10 heteroatoms. The number of thiazole rings is 1. The molecule has 1 N–H and O–H groups in total. The first kappa shape index (κ1) is 21.5. The molecule has 31 heavy (non-hydrogen) atoms. The van der Waals surface area contributed by atoms with Crippen molar-refractivity contribution in [3.05, 3.63) is 46.0 Å². The first-order valence-corrected chi connectivity index (χ1v) is 10.8. The summed E-state index contributed by atoms with van der Waals surface area (Å²) >= 11 is 1.20. The number of nitrogens with zero attached hydrogens (tertiary/aromatic N) is 2. The van der Waals surface area contributed by atoms with Crippen LogP contribution in [-0.4, -0.2) is 40.6 Å². The van der Waals surface area contributed by atoms with Crippen molar-refractivity contribution < 1.29 is 27.6 Å². The highest BCUT2D eigenvalue weighted by Gasteiger charge is 2.32. The molecule has 1 aliphatic carbocycles. The van der Waals surface area contributed by atoms with E-state index >= 15 is 0 Å². The summed E-state index contributed by atoms with van der Waals surface area (Å²) in [5, 5.41) is 3.22. The van der Waals surface area contributed by atoms with Gasteiger partial charge in [0.1, 0.15) is 0 Å². The lowest BCUT2D eigenvalue weighted by Gasteiger charge is -2.31. The van der Waals surface area contributed by atoms with Crippen LogP contribution in [0.5, 0.6) is 0 Å². The molecular weight excluding hydrogens is 431 g/mol. The van der Waals surface area contributed by atoms with Gasteiger partial charge in [0.15, 0.2) is 10.9 Å². The van der Waals surface area contributed by atoms with E-state index in [-0.39, 0.29) is 29.1 Å². The highest BCUT2D eigenvalue weighted by molar-refractivity contribution is 7.17. The van der Waals surface area contributed by atoms with E-state index < -0.39 is 11.7 Å². The smallest absolute Gasteiger partial charge is 0.339 e. The van der Waals surface area contributed by atoms with Crippen LogP contribution in [-0.2, 0) is 17.4 Å². The molecule has 0 radical (unpaired) electrons. The van der Waals surface area contributed by atoms with Gasteiger partial charge in [0.2, 0.25) is 5.91 Å². The van der Waals surface area contributed by atoms with E-state index in [1.807, 2.05) is 0 Å². The Bertz CT molecular complexity index is 1010. The number of ketones is 1. The Kier molecular flexibility index (Phi) is 5.83. The van der Waals surface area contributed by atoms with Crippen molar-refractivity contribution in [3.63, 3.8) is 0 Å². The van der Waals surface area contributed by atoms with Crippen molar-refractivity contribution in [1.82, 2.24) is 9.88 Å². The van der Waals surface area contributed by atoms with Crippen molar-refractivity contribution >= 4 is 34.1 Å². The van der Waals surface area contributed by atoms with Crippen molar-refractivity contribution in [2.24, 2.45) is 5.92 Å². The monoisotopic (exact) mass is 451 g/mol. The summed E-state index contributed by atoms with van der Waals surface area (Å²) in [4.78, 5) is 43.6. The summed E-state index contributed by atoms with van der Waals surface area (Å²) in [5.74, 6) is -0.776. The molecule has 2 amide bonds.